The van der Waals surface area contributed by atoms with Crippen LogP contribution < -0.4 is 5.73 Å². The maximum absolute atomic E-state index is 11.3. The Labute approximate surface area is 109 Å². The number of aryl methyl sites for hydroxylation is 2. The fraction of sp³-hybridized carbons (Fsp3) is 0.417. The van der Waals surface area contributed by atoms with Gasteiger partial charge in [0.25, 0.3) is 0 Å². The number of hydrogen-bond acceptors (Lipinski definition) is 4. The molecule has 4 N–H and O–H groups in total. The minimum Gasteiger partial charge on any atom is -0.476 e. The molecule has 0 aliphatic heterocycles. The Morgan fingerprint density at radius 2 is 2.37 bits per heavy atom. The number of nitrogens with zero attached hydrogens (tertiary/aromatic N) is 3. The molecule has 0 bridgehead atoms. The number of hydrogen-bond donors (Lipinski definition) is 3. The summed E-state index contributed by atoms with van der Waals surface area (Å²) in [5, 5.41) is 20.5. The summed E-state index contributed by atoms with van der Waals surface area (Å²) < 4.78 is 1.75. The zero-order chi connectivity index (χ0) is 13.4. The molecule has 0 aromatic carbocycles. The van der Waals surface area contributed by atoms with E-state index >= 15 is 0 Å². The van der Waals surface area contributed by atoms with Gasteiger partial charge < -0.3 is 10.8 Å². The lowest BCUT2D eigenvalue weighted by atomic mass is 9.94. The van der Waals surface area contributed by atoms with Crippen LogP contribution in [0.15, 0.2) is 6.20 Å². The van der Waals surface area contributed by atoms with Crippen LogP contribution in [0.2, 0.25) is 0 Å². The summed E-state index contributed by atoms with van der Waals surface area (Å²) in [6, 6.07) is 0. The van der Waals surface area contributed by atoms with E-state index in [9.17, 15) is 9.90 Å². The first-order chi connectivity index (χ1) is 9.22. The van der Waals surface area contributed by atoms with E-state index in [0.29, 0.717) is 19.5 Å². The molecule has 0 spiro atoms. The van der Waals surface area contributed by atoms with Crippen molar-refractivity contribution in [2.75, 3.05) is 6.54 Å². The van der Waals surface area contributed by atoms with Crippen molar-refractivity contribution in [2.45, 2.75) is 25.8 Å². The van der Waals surface area contributed by atoms with Crippen molar-refractivity contribution in [1.29, 1.82) is 0 Å². The van der Waals surface area contributed by atoms with Gasteiger partial charge in [0.15, 0.2) is 5.69 Å². The molecule has 0 atom stereocenters. The van der Waals surface area contributed by atoms with Gasteiger partial charge in [-0.05, 0) is 25.8 Å². The lowest BCUT2D eigenvalue weighted by Gasteiger charge is -2.14. The molecule has 2 aromatic heterocycles. The quantitative estimate of drug-likeness (QED) is 0.738. The lowest BCUT2D eigenvalue weighted by Crippen LogP contribution is -2.10. The van der Waals surface area contributed by atoms with E-state index in [4.69, 9.17) is 5.73 Å². The summed E-state index contributed by atoms with van der Waals surface area (Å²) in [6.07, 6.45) is 3.94. The Morgan fingerprint density at radius 3 is 3.11 bits per heavy atom. The monoisotopic (exact) mass is 261 g/mol. The van der Waals surface area contributed by atoms with Crippen LogP contribution in [0.25, 0.3) is 11.3 Å². The van der Waals surface area contributed by atoms with E-state index < -0.39 is 5.97 Å². The van der Waals surface area contributed by atoms with Crippen molar-refractivity contribution >= 4 is 5.97 Å². The third-order valence-corrected chi connectivity index (χ3v) is 3.43. The first-order valence-electron chi connectivity index (χ1n) is 6.28. The second kappa shape index (κ2) is 4.51. The average molecular weight is 261 g/mol. The molecule has 7 nitrogen and oxygen atoms in total. The van der Waals surface area contributed by atoms with Gasteiger partial charge in [0.2, 0.25) is 0 Å². The van der Waals surface area contributed by atoms with Crippen molar-refractivity contribution < 1.29 is 9.90 Å². The Kier molecular flexibility index (Phi) is 2.83. The van der Waals surface area contributed by atoms with Crippen molar-refractivity contribution in [2.24, 2.45) is 5.73 Å². The molecule has 7 heteroatoms. The summed E-state index contributed by atoms with van der Waals surface area (Å²) in [6.45, 7) is 1.17. The standard InChI is InChI=1S/C12H15N5O2/c13-4-1-5-17-11-7(10(16-17)12(18)19)2-3-9-8(11)6-14-15-9/h6H,1-5,13H2,(H,14,15)(H,18,19). The lowest BCUT2D eigenvalue weighted by molar-refractivity contribution is 0.0688. The molecule has 0 unspecified atom stereocenters. The zero-order valence-corrected chi connectivity index (χ0v) is 10.4. The van der Waals surface area contributed by atoms with E-state index in [1.807, 2.05) is 0 Å². The zero-order valence-electron chi connectivity index (χ0n) is 10.4. The summed E-state index contributed by atoms with van der Waals surface area (Å²) >= 11 is 0. The highest BCUT2D eigenvalue weighted by atomic mass is 16.4. The number of aromatic nitrogens is 4. The smallest absolute Gasteiger partial charge is 0.356 e. The van der Waals surface area contributed by atoms with Crippen molar-refractivity contribution in [1.82, 2.24) is 20.0 Å². The number of nitrogens with one attached hydrogen (secondary N) is 1. The van der Waals surface area contributed by atoms with Crippen LogP contribution >= 0.6 is 0 Å². The van der Waals surface area contributed by atoms with Crippen molar-refractivity contribution in [3.8, 4) is 11.3 Å². The van der Waals surface area contributed by atoms with E-state index in [1.54, 1.807) is 10.9 Å². The van der Waals surface area contributed by atoms with Gasteiger partial charge >= 0.3 is 5.97 Å². The van der Waals surface area contributed by atoms with Crippen LogP contribution in [-0.2, 0) is 19.4 Å². The number of carboxylic acid groups (broad SMARTS) is 1. The molecule has 2 aromatic rings. The number of nitrogens with two attached hydrogens (primary N) is 1. The second-order valence-electron chi connectivity index (χ2n) is 4.61. The molecule has 1 aliphatic rings. The molecular formula is C12H15N5O2. The topological polar surface area (TPSA) is 110 Å². The first-order valence-corrected chi connectivity index (χ1v) is 6.28. The molecule has 1 aliphatic carbocycles. The molecule has 100 valence electrons. The van der Waals surface area contributed by atoms with E-state index in [1.165, 1.54) is 0 Å². The maximum atomic E-state index is 11.3. The number of aromatic amines is 1. The van der Waals surface area contributed by atoms with Gasteiger partial charge in [-0.15, -0.1) is 0 Å². The van der Waals surface area contributed by atoms with E-state index in [-0.39, 0.29) is 5.69 Å². The second-order valence-corrected chi connectivity index (χ2v) is 4.61. The first kappa shape index (κ1) is 11.9. The molecular weight excluding hydrogens is 246 g/mol. The Hall–Kier alpha value is -2.15. The summed E-state index contributed by atoms with van der Waals surface area (Å²) in [5.74, 6) is -0.977. The van der Waals surface area contributed by atoms with Gasteiger partial charge in [0, 0.05) is 23.4 Å². The van der Waals surface area contributed by atoms with Crippen LogP contribution in [0.1, 0.15) is 28.2 Å². The van der Waals surface area contributed by atoms with Gasteiger partial charge in [-0.1, -0.05) is 0 Å². The highest BCUT2D eigenvalue weighted by molar-refractivity contribution is 5.90. The van der Waals surface area contributed by atoms with Crippen LogP contribution in [0.5, 0.6) is 0 Å². The SMILES string of the molecule is NCCCn1nc(C(=O)O)c2c1-c1cn[nH]c1CC2. The molecule has 0 fully saturated rings. The largest absolute Gasteiger partial charge is 0.476 e. The van der Waals surface area contributed by atoms with Crippen LogP contribution in [0.3, 0.4) is 0 Å². The fourth-order valence-corrected chi connectivity index (χ4v) is 2.57. The fourth-order valence-electron chi connectivity index (χ4n) is 2.57. The van der Waals surface area contributed by atoms with Crippen LogP contribution in [-0.4, -0.2) is 37.6 Å². The third-order valence-electron chi connectivity index (χ3n) is 3.43. The van der Waals surface area contributed by atoms with E-state index in [2.05, 4.69) is 15.3 Å². The number of aromatic carboxylic acids is 1. The van der Waals surface area contributed by atoms with Gasteiger partial charge in [-0.2, -0.15) is 10.2 Å². The normalized spacial score (nSPS) is 13.1. The summed E-state index contributed by atoms with van der Waals surface area (Å²) in [7, 11) is 0. The number of carbonyl (C=O) groups is 1. The molecule has 0 saturated heterocycles. The van der Waals surface area contributed by atoms with Crippen LogP contribution in [0, 0.1) is 0 Å². The number of carboxylic acids is 1. The average Bonchev–Trinajstić information content (AvgIpc) is 2.99. The maximum Gasteiger partial charge on any atom is 0.356 e. The Bertz CT molecular complexity index is 628. The van der Waals surface area contributed by atoms with Gasteiger partial charge in [-0.25, -0.2) is 4.79 Å². The molecule has 2 heterocycles. The molecule has 0 amide bonds. The van der Waals surface area contributed by atoms with Crippen molar-refractivity contribution in [3.05, 3.63) is 23.1 Å². The summed E-state index contributed by atoms with van der Waals surface area (Å²) in [5.41, 5.74) is 9.35. The van der Waals surface area contributed by atoms with Crippen molar-refractivity contribution in [3.63, 3.8) is 0 Å². The van der Waals surface area contributed by atoms with Gasteiger partial charge in [0.1, 0.15) is 0 Å². The predicted octanol–water partition coefficient (Wildman–Crippen LogP) is 0.419. The molecule has 0 radical (unpaired) electrons. The van der Waals surface area contributed by atoms with E-state index in [0.717, 1.165) is 35.4 Å². The highest BCUT2D eigenvalue weighted by Gasteiger charge is 2.28. The van der Waals surface area contributed by atoms with Crippen LogP contribution in [0.4, 0.5) is 0 Å². The van der Waals surface area contributed by atoms with Gasteiger partial charge in [0.05, 0.1) is 11.9 Å². The predicted molar refractivity (Wildman–Crippen MR) is 67.8 cm³/mol. The molecule has 3 rings (SSSR count). The third kappa shape index (κ3) is 1.82. The Balaban J connectivity index is 2.15. The minimum atomic E-state index is -0.977. The molecule has 0 saturated carbocycles. The minimum absolute atomic E-state index is 0.152. The Morgan fingerprint density at radius 1 is 1.53 bits per heavy atom. The molecule has 19 heavy (non-hydrogen) atoms. The van der Waals surface area contributed by atoms with Gasteiger partial charge in [-0.3, -0.25) is 9.78 Å². The highest BCUT2D eigenvalue weighted by Crippen LogP contribution is 2.34. The number of fused-ring (bicyclic) bond motifs is 3. The number of H-pyrrole nitrogens is 1. The summed E-state index contributed by atoms with van der Waals surface area (Å²) in [4.78, 5) is 11.3. The number of rotatable bonds is 4.